The van der Waals surface area contributed by atoms with E-state index in [1.54, 1.807) is 41.8 Å². The van der Waals surface area contributed by atoms with Crippen molar-refractivity contribution in [1.82, 2.24) is 0 Å². The first-order valence-electron chi connectivity index (χ1n) is 6.04. The number of halogens is 1. The van der Waals surface area contributed by atoms with E-state index in [2.05, 4.69) is 15.9 Å². The Morgan fingerprint density at radius 3 is 2.45 bits per heavy atom. The van der Waals surface area contributed by atoms with E-state index in [1.165, 1.54) is 11.3 Å². The second-order valence-electron chi connectivity index (χ2n) is 4.28. The largest absolute Gasteiger partial charge is 0.294 e. The zero-order valence-electron chi connectivity index (χ0n) is 10.6. The van der Waals surface area contributed by atoms with Gasteiger partial charge in [0.25, 0.3) is 0 Å². The van der Waals surface area contributed by atoms with Crippen LogP contribution in [0.4, 0.5) is 0 Å². The van der Waals surface area contributed by atoms with Gasteiger partial charge in [0.05, 0.1) is 5.75 Å². The Balaban J connectivity index is 1.90. The number of sulfone groups is 1. The van der Waals surface area contributed by atoms with Crippen LogP contribution in [0.15, 0.2) is 50.5 Å². The number of thiophene rings is 1. The molecule has 0 aliphatic rings. The lowest BCUT2D eigenvalue weighted by atomic mass is 10.1. The van der Waals surface area contributed by atoms with Crippen LogP contribution < -0.4 is 0 Å². The Morgan fingerprint density at radius 2 is 1.85 bits per heavy atom. The Labute approximate surface area is 130 Å². The molecule has 2 rings (SSSR count). The van der Waals surface area contributed by atoms with Gasteiger partial charge in [-0.1, -0.05) is 34.1 Å². The number of carbonyl (C=O) groups is 1. The number of benzene rings is 1. The van der Waals surface area contributed by atoms with Gasteiger partial charge in [-0.2, -0.15) is 0 Å². The highest BCUT2D eigenvalue weighted by Gasteiger charge is 2.16. The molecule has 1 heterocycles. The highest BCUT2D eigenvalue weighted by molar-refractivity contribution is 9.10. The van der Waals surface area contributed by atoms with E-state index in [9.17, 15) is 13.2 Å². The summed E-state index contributed by atoms with van der Waals surface area (Å²) in [7, 11) is -3.24. The van der Waals surface area contributed by atoms with E-state index in [1.807, 2.05) is 0 Å². The second kappa shape index (κ2) is 6.65. The molecule has 1 aromatic heterocycles. The molecule has 0 saturated heterocycles. The van der Waals surface area contributed by atoms with E-state index < -0.39 is 9.84 Å². The van der Waals surface area contributed by atoms with Crippen molar-refractivity contribution < 1.29 is 13.2 Å². The van der Waals surface area contributed by atoms with Crippen molar-refractivity contribution in [2.24, 2.45) is 0 Å². The smallest absolute Gasteiger partial charge is 0.187 e. The zero-order chi connectivity index (χ0) is 14.6. The van der Waals surface area contributed by atoms with Gasteiger partial charge in [-0.15, -0.1) is 11.3 Å². The van der Waals surface area contributed by atoms with Crippen molar-refractivity contribution >= 4 is 42.9 Å². The highest BCUT2D eigenvalue weighted by Crippen LogP contribution is 2.19. The van der Waals surface area contributed by atoms with Crippen molar-refractivity contribution in [3.05, 3.63) is 51.8 Å². The van der Waals surface area contributed by atoms with Crippen molar-refractivity contribution in [3.8, 4) is 0 Å². The van der Waals surface area contributed by atoms with Gasteiger partial charge in [0.15, 0.2) is 15.6 Å². The summed E-state index contributed by atoms with van der Waals surface area (Å²) in [6.45, 7) is 0. The standard InChI is InChI=1S/C14H13BrO3S2/c15-12-7-5-11(6-8-12)13(16)3-2-10-20(17,18)14-4-1-9-19-14/h1,4-9H,2-3,10H2. The molecule has 0 N–H and O–H groups in total. The predicted octanol–water partition coefficient (Wildman–Crippen LogP) is 3.95. The van der Waals surface area contributed by atoms with Crippen LogP contribution in [0.3, 0.4) is 0 Å². The molecular weight excluding hydrogens is 360 g/mol. The first-order chi connectivity index (χ1) is 9.49. The van der Waals surface area contributed by atoms with E-state index in [4.69, 9.17) is 0 Å². The Morgan fingerprint density at radius 1 is 1.15 bits per heavy atom. The molecule has 0 bridgehead atoms. The predicted molar refractivity (Wildman–Crippen MR) is 84.1 cm³/mol. The van der Waals surface area contributed by atoms with Crippen molar-refractivity contribution in [2.45, 2.75) is 17.1 Å². The minimum absolute atomic E-state index is 0.00970. The molecule has 1 aromatic carbocycles. The van der Waals surface area contributed by atoms with Crippen LogP contribution in [-0.4, -0.2) is 20.0 Å². The van der Waals surface area contributed by atoms with E-state index in [0.29, 0.717) is 16.2 Å². The minimum Gasteiger partial charge on any atom is -0.294 e. The number of rotatable bonds is 6. The van der Waals surface area contributed by atoms with Crippen LogP contribution in [0.1, 0.15) is 23.2 Å². The van der Waals surface area contributed by atoms with Gasteiger partial charge in [-0.05, 0) is 30.0 Å². The molecule has 20 heavy (non-hydrogen) atoms. The van der Waals surface area contributed by atoms with Gasteiger partial charge in [0, 0.05) is 16.5 Å². The zero-order valence-corrected chi connectivity index (χ0v) is 13.8. The van der Waals surface area contributed by atoms with Crippen molar-refractivity contribution in [1.29, 1.82) is 0 Å². The number of hydrogen-bond acceptors (Lipinski definition) is 4. The molecule has 106 valence electrons. The fourth-order valence-corrected chi connectivity index (χ4v) is 4.47. The second-order valence-corrected chi connectivity index (χ2v) is 8.48. The Hall–Kier alpha value is -0.980. The van der Waals surface area contributed by atoms with Gasteiger partial charge >= 0.3 is 0 Å². The van der Waals surface area contributed by atoms with Crippen LogP contribution in [0.5, 0.6) is 0 Å². The molecule has 0 unspecified atom stereocenters. The summed E-state index contributed by atoms with van der Waals surface area (Å²) in [5.74, 6) is -0.0191. The van der Waals surface area contributed by atoms with E-state index in [0.717, 1.165) is 4.47 Å². The summed E-state index contributed by atoms with van der Waals surface area (Å²) in [5, 5.41) is 1.74. The van der Waals surface area contributed by atoms with Gasteiger partial charge in [-0.3, -0.25) is 4.79 Å². The van der Waals surface area contributed by atoms with Crippen LogP contribution in [0.25, 0.3) is 0 Å². The molecule has 0 saturated carbocycles. The number of Topliss-reactive ketones (excluding diaryl/α,β-unsaturated/α-hetero) is 1. The molecule has 0 atom stereocenters. The van der Waals surface area contributed by atoms with Gasteiger partial charge in [0.2, 0.25) is 0 Å². The lowest BCUT2D eigenvalue weighted by Crippen LogP contribution is -2.08. The van der Waals surface area contributed by atoms with Crippen molar-refractivity contribution in [2.75, 3.05) is 5.75 Å². The molecule has 3 nitrogen and oxygen atoms in total. The van der Waals surface area contributed by atoms with Crippen molar-refractivity contribution in [3.63, 3.8) is 0 Å². The molecule has 0 aliphatic heterocycles. The van der Waals surface area contributed by atoms with Gasteiger partial charge < -0.3 is 0 Å². The fraction of sp³-hybridized carbons (Fsp3) is 0.214. The summed E-state index contributed by atoms with van der Waals surface area (Å²) in [4.78, 5) is 11.9. The normalized spacial score (nSPS) is 11.4. The van der Waals surface area contributed by atoms with Gasteiger partial charge in [-0.25, -0.2) is 8.42 Å². The van der Waals surface area contributed by atoms with Gasteiger partial charge in [0.1, 0.15) is 4.21 Å². The third kappa shape index (κ3) is 4.01. The molecule has 0 fully saturated rings. The molecule has 0 amide bonds. The van der Waals surface area contributed by atoms with Crippen LogP contribution in [-0.2, 0) is 9.84 Å². The minimum atomic E-state index is -3.24. The van der Waals surface area contributed by atoms with E-state index in [-0.39, 0.29) is 18.0 Å². The Bertz CT molecular complexity index is 674. The molecule has 2 aromatic rings. The lowest BCUT2D eigenvalue weighted by molar-refractivity contribution is 0.0982. The number of carbonyl (C=O) groups excluding carboxylic acids is 1. The maximum absolute atomic E-state index is 11.9. The molecular formula is C14H13BrO3S2. The van der Waals surface area contributed by atoms with Crippen LogP contribution >= 0.6 is 27.3 Å². The summed E-state index contributed by atoms with van der Waals surface area (Å²) in [6.07, 6.45) is 0.585. The summed E-state index contributed by atoms with van der Waals surface area (Å²) < 4.78 is 25.2. The highest BCUT2D eigenvalue weighted by atomic mass is 79.9. The lowest BCUT2D eigenvalue weighted by Gasteiger charge is -2.02. The summed E-state index contributed by atoms with van der Waals surface area (Å²) in [5.41, 5.74) is 0.613. The third-order valence-corrected chi connectivity index (χ3v) is 6.60. The first kappa shape index (κ1) is 15.4. The van der Waals surface area contributed by atoms with E-state index >= 15 is 0 Å². The first-order valence-corrected chi connectivity index (χ1v) is 9.36. The Kier molecular flexibility index (Phi) is 5.12. The SMILES string of the molecule is O=C(CCCS(=O)(=O)c1cccs1)c1ccc(Br)cc1. The monoisotopic (exact) mass is 372 g/mol. The fourth-order valence-electron chi connectivity index (χ4n) is 1.74. The average Bonchev–Trinajstić information content (AvgIpc) is 2.94. The summed E-state index contributed by atoms with van der Waals surface area (Å²) in [6, 6.07) is 10.4. The molecule has 0 spiro atoms. The third-order valence-electron chi connectivity index (χ3n) is 2.78. The topological polar surface area (TPSA) is 51.2 Å². The molecule has 0 radical (unpaired) electrons. The molecule has 0 aliphatic carbocycles. The van der Waals surface area contributed by atoms with Crippen LogP contribution in [0.2, 0.25) is 0 Å². The number of hydrogen-bond donors (Lipinski definition) is 0. The van der Waals surface area contributed by atoms with Crippen LogP contribution in [0, 0.1) is 0 Å². The quantitative estimate of drug-likeness (QED) is 0.721. The molecule has 6 heteroatoms. The maximum atomic E-state index is 11.9. The average molecular weight is 373 g/mol. The summed E-state index contributed by atoms with van der Waals surface area (Å²) >= 11 is 4.51. The number of ketones is 1. The maximum Gasteiger partial charge on any atom is 0.187 e.